The van der Waals surface area contributed by atoms with Crippen molar-refractivity contribution in [3.8, 4) is 5.69 Å². The summed E-state index contributed by atoms with van der Waals surface area (Å²) in [4.78, 5) is 26.7. The molecule has 1 aromatic carbocycles. The second-order valence-corrected chi connectivity index (χ2v) is 5.44. The fourth-order valence-corrected chi connectivity index (χ4v) is 2.49. The van der Waals surface area contributed by atoms with Gasteiger partial charge in [-0.25, -0.2) is 13.8 Å². The van der Waals surface area contributed by atoms with Gasteiger partial charge in [0.15, 0.2) is 0 Å². The quantitative estimate of drug-likeness (QED) is 0.854. The summed E-state index contributed by atoms with van der Waals surface area (Å²) < 4.78 is 14.4. The molecule has 1 N–H and O–H groups in total. The van der Waals surface area contributed by atoms with Crippen LogP contribution in [0.25, 0.3) is 5.69 Å². The van der Waals surface area contributed by atoms with E-state index >= 15 is 0 Å². The number of aromatic amines is 1. The fraction of sp³-hybridized carbons (Fsp3) is 0.231. The molecule has 2 rings (SSSR count). The van der Waals surface area contributed by atoms with Crippen molar-refractivity contribution in [2.24, 2.45) is 0 Å². The molecule has 0 aliphatic rings. The minimum Gasteiger partial charge on any atom is -0.297 e. The number of aromatic nitrogens is 2. The van der Waals surface area contributed by atoms with Gasteiger partial charge in [-0.1, -0.05) is 24.9 Å². The summed E-state index contributed by atoms with van der Waals surface area (Å²) in [5.74, 6) is -0.471. The molecular formula is C13H11BrClFN2O2. The minimum absolute atomic E-state index is 0.0549. The van der Waals surface area contributed by atoms with E-state index in [9.17, 15) is 14.0 Å². The van der Waals surface area contributed by atoms with E-state index in [0.29, 0.717) is 18.4 Å². The summed E-state index contributed by atoms with van der Waals surface area (Å²) in [6.45, 7) is 1.90. The molecular weight excluding hydrogens is 351 g/mol. The highest BCUT2D eigenvalue weighted by Gasteiger charge is 2.14. The molecule has 0 aliphatic heterocycles. The van der Waals surface area contributed by atoms with Gasteiger partial charge in [0, 0.05) is 0 Å². The predicted molar refractivity (Wildman–Crippen MR) is 79.3 cm³/mol. The Morgan fingerprint density at radius 1 is 1.40 bits per heavy atom. The van der Waals surface area contributed by atoms with E-state index in [-0.39, 0.29) is 15.3 Å². The van der Waals surface area contributed by atoms with Crippen LogP contribution >= 0.6 is 27.5 Å². The maximum atomic E-state index is 13.2. The van der Waals surface area contributed by atoms with Gasteiger partial charge in [-0.15, -0.1) is 0 Å². The van der Waals surface area contributed by atoms with Gasteiger partial charge in [0.2, 0.25) is 0 Å². The van der Waals surface area contributed by atoms with Crippen molar-refractivity contribution >= 4 is 27.5 Å². The van der Waals surface area contributed by atoms with Crippen molar-refractivity contribution in [1.29, 1.82) is 0 Å². The van der Waals surface area contributed by atoms with Crippen LogP contribution in [0.4, 0.5) is 4.39 Å². The van der Waals surface area contributed by atoms with Crippen molar-refractivity contribution in [3.05, 3.63) is 60.0 Å². The highest BCUT2D eigenvalue weighted by molar-refractivity contribution is 9.10. The minimum atomic E-state index is -0.654. The molecule has 0 fully saturated rings. The van der Waals surface area contributed by atoms with Gasteiger partial charge in [-0.05, 0) is 40.5 Å². The van der Waals surface area contributed by atoms with E-state index in [0.717, 1.165) is 4.57 Å². The zero-order valence-corrected chi connectivity index (χ0v) is 12.9. The van der Waals surface area contributed by atoms with Gasteiger partial charge < -0.3 is 0 Å². The molecule has 0 unspecified atom stereocenters. The summed E-state index contributed by atoms with van der Waals surface area (Å²) in [6.07, 6.45) is 1.17. The Labute approximate surface area is 127 Å². The van der Waals surface area contributed by atoms with Crippen LogP contribution in [-0.2, 0) is 6.42 Å². The highest BCUT2D eigenvalue weighted by atomic mass is 79.9. The first-order chi connectivity index (χ1) is 9.45. The van der Waals surface area contributed by atoms with Crippen LogP contribution in [-0.4, -0.2) is 9.55 Å². The molecule has 20 heavy (non-hydrogen) atoms. The molecule has 4 nitrogen and oxygen atoms in total. The summed E-state index contributed by atoms with van der Waals surface area (Å²) in [5.41, 5.74) is -0.523. The number of benzene rings is 1. The van der Waals surface area contributed by atoms with Crippen molar-refractivity contribution in [3.63, 3.8) is 0 Å². The smallest absolute Gasteiger partial charge is 0.297 e. The van der Waals surface area contributed by atoms with Crippen LogP contribution in [0, 0.1) is 5.82 Å². The third-order valence-corrected chi connectivity index (χ3v) is 3.74. The number of nitrogens with zero attached hydrogens (tertiary/aromatic N) is 1. The zero-order valence-electron chi connectivity index (χ0n) is 10.5. The van der Waals surface area contributed by atoms with Crippen LogP contribution in [0.2, 0.25) is 5.15 Å². The number of H-pyrrole nitrogens is 1. The third kappa shape index (κ3) is 2.71. The number of halogens is 3. The first-order valence-corrected chi connectivity index (χ1v) is 7.12. The Kier molecular flexibility index (Phi) is 4.45. The first-order valence-electron chi connectivity index (χ1n) is 5.94. The van der Waals surface area contributed by atoms with Crippen LogP contribution in [0.5, 0.6) is 0 Å². The lowest BCUT2D eigenvalue weighted by atomic mass is 10.2. The molecule has 0 amide bonds. The van der Waals surface area contributed by atoms with E-state index < -0.39 is 17.1 Å². The van der Waals surface area contributed by atoms with Crippen LogP contribution < -0.4 is 11.2 Å². The highest BCUT2D eigenvalue weighted by Crippen LogP contribution is 2.18. The zero-order chi connectivity index (χ0) is 14.9. The Morgan fingerprint density at radius 3 is 2.70 bits per heavy atom. The summed E-state index contributed by atoms with van der Waals surface area (Å²) in [6, 6.07) is 3.91. The molecule has 0 spiro atoms. The van der Waals surface area contributed by atoms with E-state index in [1.165, 1.54) is 18.2 Å². The third-order valence-electron chi connectivity index (χ3n) is 2.81. The van der Waals surface area contributed by atoms with Gasteiger partial charge in [-0.3, -0.25) is 9.78 Å². The molecule has 0 saturated heterocycles. The average molecular weight is 362 g/mol. The van der Waals surface area contributed by atoms with E-state index in [1.807, 2.05) is 6.92 Å². The second-order valence-electron chi connectivity index (χ2n) is 4.21. The molecule has 2 aromatic rings. The summed E-state index contributed by atoms with van der Waals surface area (Å²) in [5, 5.41) is 0.0549. The Morgan fingerprint density at radius 2 is 2.10 bits per heavy atom. The normalized spacial score (nSPS) is 10.8. The number of nitrogens with one attached hydrogen (secondary N) is 1. The second kappa shape index (κ2) is 5.93. The van der Waals surface area contributed by atoms with E-state index in [2.05, 4.69) is 20.9 Å². The van der Waals surface area contributed by atoms with Crippen LogP contribution in [0.15, 0.2) is 32.3 Å². The Hall–Kier alpha value is -1.40. The lowest BCUT2D eigenvalue weighted by molar-refractivity contribution is 0.620. The van der Waals surface area contributed by atoms with Gasteiger partial charge in [0.05, 0.1) is 15.7 Å². The van der Waals surface area contributed by atoms with Crippen LogP contribution in [0.1, 0.15) is 18.9 Å². The fourth-order valence-electron chi connectivity index (χ4n) is 1.87. The maximum absolute atomic E-state index is 13.2. The van der Waals surface area contributed by atoms with Gasteiger partial charge >= 0.3 is 5.69 Å². The molecule has 0 bridgehead atoms. The van der Waals surface area contributed by atoms with Crippen molar-refractivity contribution in [1.82, 2.24) is 9.55 Å². The lowest BCUT2D eigenvalue weighted by Gasteiger charge is -2.09. The topological polar surface area (TPSA) is 54.9 Å². The largest absolute Gasteiger partial charge is 0.334 e. The maximum Gasteiger partial charge on any atom is 0.334 e. The molecule has 0 atom stereocenters. The molecule has 0 saturated carbocycles. The number of hydrogen-bond acceptors (Lipinski definition) is 2. The van der Waals surface area contributed by atoms with Gasteiger partial charge in [0.25, 0.3) is 5.56 Å². The van der Waals surface area contributed by atoms with Crippen molar-refractivity contribution in [2.45, 2.75) is 19.8 Å². The number of rotatable bonds is 3. The molecule has 1 aromatic heterocycles. The molecule has 1 heterocycles. The van der Waals surface area contributed by atoms with Crippen molar-refractivity contribution in [2.75, 3.05) is 0 Å². The van der Waals surface area contributed by atoms with Gasteiger partial charge in [-0.2, -0.15) is 0 Å². The summed E-state index contributed by atoms with van der Waals surface area (Å²) >= 11 is 8.92. The Balaban J connectivity index is 2.73. The molecule has 0 radical (unpaired) electrons. The monoisotopic (exact) mass is 360 g/mol. The standard InChI is InChI=1S/C13H11BrClFN2O2/c1-2-3-8-11(15)17-13(20)18(12(8)19)7-4-5-10(16)9(14)6-7/h4-6H,2-3H2,1H3,(H,17,20). The SMILES string of the molecule is CCCc1c(Cl)[nH]c(=O)n(-c2ccc(F)c(Br)c2)c1=O. The van der Waals surface area contributed by atoms with E-state index in [4.69, 9.17) is 11.6 Å². The molecule has 7 heteroatoms. The molecule has 0 aliphatic carbocycles. The van der Waals surface area contributed by atoms with E-state index in [1.54, 1.807) is 0 Å². The van der Waals surface area contributed by atoms with Crippen molar-refractivity contribution < 1.29 is 4.39 Å². The number of hydrogen-bond donors (Lipinski definition) is 1. The summed E-state index contributed by atoms with van der Waals surface area (Å²) in [7, 11) is 0. The molecule has 106 valence electrons. The van der Waals surface area contributed by atoms with Gasteiger partial charge in [0.1, 0.15) is 11.0 Å². The van der Waals surface area contributed by atoms with Crippen LogP contribution in [0.3, 0.4) is 0 Å². The first kappa shape index (κ1) is 15.0. The predicted octanol–water partition coefficient (Wildman–Crippen LogP) is 3.03. The average Bonchev–Trinajstić information content (AvgIpc) is 2.38. The lowest BCUT2D eigenvalue weighted by Crippen LogP contribution is -2.36. The Bertz CT molecular complexity index is 770.